The molecular weight excluding hydrogens is 382 g/mol. The highest BCUT2D eigenvalue weighted by atomic mass is 79.9. The third-order valence-corrected chi connectivity index (χ3v) is 5.34. The third kappa shape index (κ3) is 2.80. The molecule has 0 unspecified atom stereocenters. The number of anilines is 1. The quantitative estimate of drug-likeness (QED) is 0.703. The van der Waals surface area contributed by atoms with Crippen LogP contribution in [0, 0.1) is 6.92 Å². The first-order valence-electron chi connectivity index (χ1n) is 8.29. The number of aryl methyl sites for hydroxylation is 2. The second-order valence-electron chi connectivity index (χ2n) is 6.37. The molecule has 0 atom stereocenters. The minimum absolute atomic E-state index is 0.0332. The van der Waals surface area contributed by atoms with E-state index in [0.717, 1.165) is 47.5 Å². The molecule has 0 aliphatic carbocycles. The van der Waals surface area contributed by atoms with Crippen molar-refractivity contribution in [1.82, 2.24) is 9.55 Å². The molecular formula is C19H18BrN3O2. The molecule has 1 aromatic heterocycles. The number of fused-ring (bicyclic) bond motifs is 2. The summed E-state index contributed by atoms with van der Waals surface area (Å²) in [4.78, 5) is 17.4. The van der Waals surface area contributed by atoms with E-state index in [4.69, 9.17) is 0 Å². The van der Waals surface area contributed by atoms with Gasteiger partial charge >= 0.3 is 0 Å². The van der Waals surface area contributed by atoms with Crippen LogP contribution in [0.15, 0.2) is 39.6 Å². The standard InChI is InChI=1S/C19H18BrN3O2/c1-11-8-16-13(19(25)23-7-3-6-17(23)22-16)9-15(11)21-10-12-4-2-5-14(20)18(12)24/h2,4-5,8-9,21,24H,3,6-7,10H2,1H3. The maximum absolute atomic E-state index is 12.7. The van der Waals surface area contributed by atoms with Crippen LogP contribution in [0.5, 0.6) is 5.75 Å². The van der Waals surface area contributed by atoms with Crippen molar-refractivity contribution >= 4 is 32.5 Å². The molecule has 2 aromatic carbocycles. The summed E-state index contributed by atoms with van der Waals surface area (Å²) >= 11 is 3.33. The van der Waals surface area contributed by atoms with Crippen molar-refractivity contribution in [2.75, 3.05) is 5.32 Å². The summed E-state index contributed by atoms with van der Waals surface area (Å²) in [6.45, 7) is 3.21. The van der Waals surface area contributed by atoms with Crippen LogP contribution in [0.2, 0.25) is 0 Å². The fraction of sp³-hybridized carbons (Fsp3) is 0.263. The van der Waals surface area contributed by atoms with Crippen LogP contribution < -0.4 is 10.9 Å². The molecule has 1 aliphatic rings. The molecule has 3 aromatic rings. The maximum Gasteiger partial charge on any atom is 0.261 e. The Labute approximate surface area is 153 Å². The Morgan fingerprint density at radius 3 is 3.04 bits per heavy atom. The van der Waals surface area contributed by atoms with E-state index in [9.17, 15) is 9.90 Å². The van der Waals surface area contributed by atoms with Crippen LogP contribution in [0.4, 0.5) is 5.69 Å². The van der Waals surface area contributed by atoms with E-state index in [1.807, 2.05) is 31.2 Å². The maximum atomic E-state index is 12.7. The number of phenols is 1. The number of aromatic hydroxyl groups is 1. The van der Waals surface area contributed by atoms with Crippen molar-refractivity contribution in [2.45, 2.75) is 32.9 Å². The van der Waals surface area contributed by atoms with Gasteiger partial charge in [-0.3, -0.25) is 9.36 Å². The topological polar surface area (TPSA) is 67.2 Å². The van der Waals surface area contributed by atoms with Gasteiger partial charge in [-0.15, -0.1) is 0 Å². The number of hydrogen-bond donors (Lipinski definition) is 2. The normalized spacial score (nSPS) is 13.2. The molecule has 0 amide bonds. The first kappa shape index (κ1) is 16.1. The highest BCUT2D eigenvalue weighted by Gasteiger charge is 2.17. The molecule has 128 valence electrons. The number of aromatic nitrogens is 2. The van der Waals surface area contributed by atoms with Gasteiger partial charge in [-0.25, -0.2) is 4.98 Å². The SMILES string of the molecule is Cc1cc2nc3n(c(=O)c2cc1NCc1cccc(Br)c1O)CCC3. The first-order valence-corrected chi connectivity index (χ1v) is 9.08. The van der Waals surface area contributed by atoms with Crippen LogP contribution in [0.25, 0.3) is 10.9 Å². The summed E-state index contributed by atoms with van der Waals surface area (Å²) in [6, 6.07) is 9.38. The Kier molecular flexibility index (Phi) is 4.00. The van der Waals surface area contributed by atoms with Crippen molar-refractivity contribution in [3.8, 4) is 5.75 Å². The first-order chi connectivity index (χ1) is 12.0. The monoisotopic (exact) mass is 399 g/mol. The Bertz CT molecular complexity index is 1040. The molecule has 6 heteroatoms. The second-order valence-corrected chi connectivity index (χ2v) is 7.23. The number of hydrogen-bond acceptors (Lipinski definition) is 4. The van der Waals surface area contributed by atoms with E-state index in [-0.39, 0.29) is 11.3 Å². The summed E-state index contributed by atoms with van der Waals surface area (Å²) in [5, 5.41) is 14.1. The van der Waals surface area contributed by atoms with Gasteiger partial charge in [0.25, 0.3) is 5.56 Å². The second kappa shape index (κ2) is 6.19. The van der Waals surface area contributed by atoms with Gasteiger partial charge < -0.3 is 10.4 Å². The van der Waals surface area contributed by atoms with E-state index in [0.29, 0.717) is 16.4 Å². The lowest BCUT2D eigenvalue weighted by Gasteiger charge is -2.13. The fourth-order valence-electron chi connectivity index (χ4n) is 3.32. The molecule has 25 heavy (non-hydrogen) atoms. The van der Waals surface area contributed by atoms with E-state index in [1.54, 1.807) is 10.6 Å². The van der Waals surface area contributed by atoms with E-state index >= 15 is 0 Å². The van der Waals surface area contributed by atoms with Crippen molar-refractivity contribution in [2.24, 2.45) is 0 Å². The molecule has 0 radical (unpaired) electrons. The summed E-state index contributed by atoms with van der Waals surface area (Å²) < 4.78 is 2.45. The van der Waals surface area contributed by atoms with Crippen LogP contribution in [-0.2, 0) is 19.5 Å². The largest absolute Gasteiger partial charge is 0.506 e. The zero-order valence-corrected chi connectivity index (χ0v) is 15.4. The van der Waals surface area contributed by atoms with Crippen LogP contribution in [0.1, 0.15) is 23.4 Å². The predicted octanol–water partition coefficient (Wildman–Crippen LogP) is 3.73. The summed E-state index contributed by atoms with van der Waals surface area (Å²) in [6.07, 6.45) is 1.84. The number of nitrogens with zero attached hydrogens (tertiary/aromatic N) is 2. The average Bonchev–Trinajstić information content (AvgIpc) is 3.05. The molecule has 2 heterocycles. The van der Waals surface area contributed by atoms with Crippen molar-refractivity contribution in [3.63, 3.8) is 0 Å². The minimum Gasteiger partial charge on any atom is -0.506 e. The summed E-state index contributed by atoms with van der Waals surface area (Å²) in [5.74, 6) is 1.12. The Balaban J connectivity index is 1.71. The molecule has 2 N–H and O–H groups in total. The van der Waals surface area contributed by atoms with E-state index in [1.165, 1.54) is 0 Å². The highest BCUT2D eigenvalue weighted by molar-refractivity contribution is 9.10. The molecule has 0 bridgehead atoms. The van der Waals surface area contributed by atoms with Crippen molar-refractivity contribution < 1.29 is 5.11 Å². The van der Waals surface area contributed by atoms with Gasteiger partial charge in [-0.1, -0.05) is 12.1 Å². The molecule has 0 saturated heterocycles. The minimum atomic E-state index is 0.0332. The smallest absolute Gasteiger partial charge is 0.261 e. The number of halogens is 1. The highest BCUT2D eigenvalue weighted by Crippen LogP contribution is 2.29. The molecule has 5 nitrogen and oxygen atoms in total. The van der Waals surface area contributed by atoms with Gasteiger partial charge in [-0.2, -0.15) is 0 Å². The number of nitrogens with one attached hydrogen (secondary N) is 1. The van der Waals surface area contributed by atoms with Gasteiger partial charge in [-0.05, 0) is 53.0 Å². The van der Waals surface area contributed by atoms with Crippen molar-refractivity contribution in [1.29, 1.82) is 0 Å². The Morgan fingerprint density at radius 1 is 1.36 bits per heavy atom. The molecule has 4 rings (SSSR count). The lowest BCUT2D eigenvalue weighted by atomic mass is 10.1. The summed E-state index contributed by atoms with van der Waals surface area (Å²) in [7, 11) is 0. The fourth-order valence-corrected chi connectivity index (χ4v) is 3.73. The molecule has 0 saturated carbocycles. The van der Waals surface area contributed by atoms with Gasteiger partial charge in [0.1, 0.15) is 11.6 Å². The number of phenolic OH excluding ortho intramolecular Hbond substituents is 1. The van der Waals surface area contributed by atoms with E-state index in [2.05, 4.69) is 26.2 Å². The lowest BCUT2D eigenvalue weighted by molar-refractivity contribution is 0.465. The zero-order valence-electron chi connectivity index (χ0n) is 13.8. The number of rotatable bonds is 3. The van der Waals surface area contributed by atoms with Gasteiger partial charge in [0.05, 0.1) is 15.4 Å². The number of para-hydroxylation sites is 1. The van der Waals surface area contributed by atoms with Gasteiger partial charge in [0.15, 0.2) is 0 Å². The third-order valence-electron chi connectivity index (χ3n) is 4.70. The number of benzene rings is 2. The van der Waals surface area contributed by atoms with Crippen LogP contribution in [0.3, 0.4) is 0 Å². The van der Waals surface area contributed by atoms with Crippen LogP contribution in [-0.4, -0.2) is 14.7 Å². The lowest BCUT2D eigenvalue weighted by Crippen LogP contribution is -2.21. The predicted molar refractivity (Wildman–Crippen MR) is 102 cm³/mol. The average molecular weight is 400 g/mol. The summed E-state index contributed by atoms with van der Waals surface area (Å²) in [5.41, 5.74) is 3.48. The van der Waals surface area contributed by atoms with Gasteiger partial charge in [0, 0.05) is 30.8 Å². The van der Waals surface area contributed by atoms with E-state index < -0.39 is 0 Å². The zero-order chi connectivity index (χ0) is 17.6. The molecule has 0 spiro atoms. The Morgan fingerprint density at radius 2 is 2.20 bits per heavy atom. The van der Waals surface area contributed by atoms with Crippen LogP contribution >= 0.6 is 15.9 Å². The Hall–Kier alpha value is -2.34. The molecule has 1 aliphatic heterocycles. The van der Waals surface area contributed by atoms with Gasteiger partial charge in [0.2, 0.25) is 0 Å². The molecule has 0 fully saturated rings. The van der Waals surface area contributed by atoms with Crippen molar-refractivity contribution in [3.05, 3.63) is 62.1 Å².